The first-order chi connectivity index (χ1) is 7.15. The van der Waals surface area contributed by atoms with Crippen LogP contribution in [-0.2, 0) is 9.59 Å². The summed E-state index contributed by atoms with van der Waals surface area (Å²) in [5, 5.41) is 11.8. The van der Waals surface area contributed by atoms with Crippen molar-refractivity contribution >= 4 is 11.9 Å². The molecule has 1 amide bonds. The number of carbonyl (C=O) groups is 2. The Hall–Kier alpha value is -1.10. The van der Waals surface area contributed by atoms with Crippen LogP contribution < -0.4 is 5.32 Å². The molecule has 0 radical (unpaired) electrons. The summed E-state index contributed by atoms with van der Waals surface area (Å²) in [4.78, 5) is 23.8. The van der Waals surface area contributed by atoms with Gasteiger partial charge in [0.1, 0.15) is 6.54 Å². The number of hydrogen-bond donors (Lipinski definition) is 2. The number of likely N-dealkylation sites (N-methyl/N-ethyl adjacent to an activating group) is 1. The zero-order valence-electron chi connectivity index (χ0n) is 9.03. The largest absolute Gasteiger partial charge is 0.480 e. The summed E-state index contributed by atoms with van der Waals surface area (Å²) in [6.45, 7) is 2.89. The minimum atomic E-state index is -0.957. The molecular formula is C10H18N2O3. The molecule has 1 atom stereocenters. The Bertz CT molecular complexity index is 237. The molecule has 0 bridgehead atoms. The van der Waals surface area contributed by atoms with Gasteiger partial charge in [0.05, 0.1) is 6.04 Å². The van der Waals surface area contributed by atoms with Crippen LogP contribution in [0.25, 0.3) is 0 Å². The van der Waals surface area contributed by atoms with Crippen LogP contribution in [0.2, 0.25) is 0 Å². The summed E-state index contributed by atoms with van der Waals surface area (Å²) >= 11 is 0. The van der Waals surface area contributed by atoms with Crippen molar-refractivity contribution < 1.29 is 14.7 Å². The maximum atomic E-state index is 11.9. The van der Waals surface area contributed by atoms with E-state index in [1.165, 1.54) is 4.90 Å². The summed E-state index contributed by atoms with van der Waals surface area (Å²) in [5.74, 6) is -1.04. The number of carboxylic acid groups (broad SMARTS) is 1. The summed E-state index contributed by atoms with van der Waals surface area (Å²) in [6.07, 6.45) is 2.94. The van der Waals surface area contributed by atoms with E-state index in [4.69, 9.17) is 5.11 Å². The lowest BCUT2D eigenvalue weighted by Gasteiger charge is -2.28. The molecule has 0 spiro atoms. The minimum Gasteiger partial charge on any atom is -0.480 e. The molecule has 2 N–H and O–H groups in total. The van der Waals surface area contributed by atoms with Gasteiger partial charge >= 0.3 is 5.97 Å². The first-order valence-electron chi connectivity index (χ1n) is 5.39. The van der Waals surface area contributed by atoms with Crippen LogP contribution in [0.5, 0.6) is 0 Å². The number of nitrogens with zero attached hydrogens (tertiary/aromatic N) is 1. The molecule has 0 aromatic carbocycles. The Labute approximate surface area is 89.4 Å². The monoisotopic (exact) mass is 214 g/mol. The van der Waals surface area contributed by atoms with E-state index < -0.39 is 5.97 Å². The van der Waals surface area contributed by atoms with Gasteiger partial charge in [-0.15, -0.1) is 0 Å². The third-order valence-electron chi connectivity index (χ3n) is 2.63. The zero-order valence-corrected chi connectivity index (χ0v) is 9.03. The smallest absolute Gasteiger partial charge is 0.323 e. The highest BCUT2D eigenvalue weighted by Gasteiger charge is 2.25. The minimum absolute atomic E-state index is 0.0837. The van der Waals surface area contributed by atoms with Crippen molar-refractivity contribution in [2.75, 3.05) is 19.6 Å². The van der Waals surface area contributed by atoms with Crippen LogP contribution in [-0.4, -0.2) is 47.6 Å². The number of amides is 1. The van der Waals surface area contributed by atoms with Crippen molar-refractivity contribution in [2.45, 2.75) is 32.2 Å². The van der Waals surface area contributed by atoms with Crippen LogP contribution in [0, 0.1) is 0 Å². The predicted octanol–water partition coefficient (Wildman–Crippen LogP) is 0.0616. The maximum absolute atomic E-state index is 11.9. The van der Waals surface area contributed by atoms with Crippen LogP contribution >= 0.6 is 0 Å². The third kappa shape index (κ3) is 3.51. The first-order valence-corrected chi connectivity index (χ1v) is 5.39. The van der Waals surface area contributed by atoms with Crippen LogP contribution in [0.1, 0.15) is 26.2 Å². The Morgan fingerprint density at radius 1 is 1.47 bits per heavy atom. The lowest BCUT2D eigenvalue weighted by molar-refractivity contribution is -0.145. The number of rotatable bonds is 4. The molecule has 1 fully saturated rings. The van der Waals surface area contributed by atoms with Gasteiger partial charge in [0, 0.05) is 6.54 Å². The van der Waals surface area contributed by atoms with Gasteiger partial charge in [0.2, 0.25) is 5.91 Å². The van der Waals surface area contributed by atoms with Gasteiger partial charge in [-0.05, 0) is 26.3 Å². The van der Waals surface area contributed by atoms with Gasteiger partial charge in [-0.2, -0.15) is 0 Å². The molecule has 5 nitrogen and oxygen atoms in total. The van der Waals surface area contributed by atoms with Crippen LogP contribution in [0.15, 0.2) is 0 Å². The number of nitrogens with one attached hydrogen (secondary N) is 1. The summed E-state index contributed by atoms with van der Waals surface area (Å²) in [5.41, 5.74) is 0. The average molecular weight is 214 g/mol. The number of hydrogen-bond acceptors (Lipinski definition) is 3. The maximum Gasteiger partial charge on any atom is 0.323 e. The Balaban J connectivity index is 2.50. The molecule has 0 aromatic heterocycles. The fraction of sp³-hybridized carbons (Fsp3) is 0.800. The lowest BCUT2D eigenvalue weighted by atomic mass is 10.0. The van der Waals surface area contributed by atoms with Crippen molar-refractivity contribution in [1.29, 1.82) is 0 Å². The van der Waals surface area contributed by atoms with E-state index in [1.54, 1.807) is 6.92 Å². The SMILES string of the molecule is CCN(CC(=O)O)C(=O)C1CCCCN1. The molecule has 1 saturated heterocycles. The molecule has 1 aliphatic heterocycles. The van der Waals surface area contributed by atoms with Gasteiger partial charge in [-0.25, -0.2) is 0 Å². The highest BCUT2D eigenvalue weighted by molar-refractivity contribution is 5.85. The van der Waals surface area contributed by atoms with Crippen molar-refractivity contribution in [3.63, 3.8) is 0 Å². The van der Waals surface area contributed by atoms with Crippen LogP contribution in [0.4, 0.5) is 0 Å². The van der Waals surface area contributed by atoms with Crippen molar-refractivity contribution in [1.82, 2.24) is 10.2 Å². The van der Waals surface area contributed by atoms with Gasteiger partial charge in [-0.1, -0.05) is 6.42 Å². The quantitative estimate of drug-likeness (QED) is 0.694. The number of carboxylic acids is 1. The fourth-order valence-corrected chi connectivity index (χ4v) is 1.79. The second kappa shape index (κ2) is 5.70. The average Bonchev–Trinajstić information content (AvgIpc) is 2.26. The highest BCUT2D eigenvalue weighted by atomic mass is 16.4. The number of carbonyl (C=O) groups excluding carboxylic acids is 1. The summed E-state index contributed by atoms with van der Waals surface area (Å²) in [7, 11) is 0. The zero-order chi connectivity index (χ0) is 11.3. The molecule has 1 rings (SSSR count). The number of aliphatic carboxylic acids is 1. The lowest BCUT2D eigenvalue weighted by Crippen LogP contribution is -2.49. The van der Waals surface area contributed by atoms with Gasteiger partial charge in [0.25, 0.3) is 0 Å². The first kappa shape index (κ1) is 12.0. The van der Waals surface area contributed by atoms with Gasteiger partial charge in [-0.3, -0.25) is 9.59 Å². The van der Waals surface area contributed by atoms with E-state index >= 15 is 0 Å². The molecule has 1 aliphatic rings. The molecule has 0 saturated carbocycles. The van der Waals surface area contributed by atoms with Gasteiger partial charge < -0.3 is 15.3 Å². The molecule has 86 valence electrons. The Morgan fingerprint density at radius 2 is 2.20 bits per heavy atom. The standard InChI is InChI=1S/C10H18N2O3/c1-2-12(7-9(13)14)10(15)8-5-3-4-6-11-8/h8,11H,2-7H2,1H3,(H,13,14). The summed E-state index contributed by atoms with van der Waals surface area (Å²) < 4.78 is 0. The molecule has 15 heavy (non-hydrogen) atoms. The van der Waals surface area contributed by atoms with E-state index in [1.807, 2.05) is 0 Å². The highest BCUT2D eigenvalue weighted by Crippen LogP contribution is 2.09. The second-order valence-electron chi connectivity index (χ2n) is 3.75. The Morgan fingerprint density at radius 3 is 2.67 bits per heavy atom. The van der Waals surface area contributed by atoms with E-state index in [2.05, 4.69) is 5.32 Å². The molecular weight excluding hydrogens is 196 g/mol. The Kier molecular flexibility index (Phi) is 4.55. The van der Waals surface area contributed by atoms with E-state index in [0.717, 1.165) is 25.8 Å². The van der Waals surface area contributed by atoms with E-state index in [0.29, 0.717) is 6.54 Å². The number of piperidine rings is 1. The van der Waals surface area contributed by atoms with Crippen molar-refractivity contribution in [3.05, 3.63) is 0 Å². The van der Waals surface area contributed by atoms with E-state index in [9.17, 15) is 9.59 Å². The molecule has 5 heteroatoms. The molecule has 1 heterocycles. The topological polar surface area (TPSA) is 69.6 Å². The molecule has 0 aliphatic carbocycles. The predicted molar refractivity (Wildman–Crippen MR) is 55.5 cm³/mol. The summed E-state index contributed by atoms with van der Waals surface area (Å²) in [6, 6.07) is -0.182. The van der Waals surface area contributed by atoms with Gasteiger partial charge in [0.15, 0.2) is 0 Å². The van der Waals surface area contributed by atoms with Crippen molar-refractivity contribution in [2.24, 2.45) is 0 Å². The second-order valence-corrected chi connectivity index (χ2v) is 3.75. The third-order valence-corrected chi connectivity index (χ3v) is 2.63. The van der Waals surface area contributed by atoms with Crippen molar-refractivity contribution in [3.8, 4) is 0 Å². The normalized spacial score (nSPS) is 21.0. The molecule has 0 aromatic rings. The molecule has 1 unspecified atom stereocenters. The van der Waals surface area contributed by atoms with E-state index in [-0.39, 0.29) is 18.5 Å². The fourth-order valence-electron chi connectivity index (χ4n) is 1.79. The van der Waals surface area contributed by atoms with Crippen LogP contribution in [0.3, 0.4) is 0 Å².